The molecular formula is C59H65N19O4. The molecule has 0 spiro atoms. The molecule has 82 heavy (non-hydrogen) atoms. The number of carbonyl (C=O) groups is 4. The molecule has 420 valence electrons. The van der Waals surface area contributed by atoms with Crippen LogP contribution in [0, 0.1) is 0 Å². The van der Waals surface area contributed by atoms with Crippen LogP contribution in [0.2, 0.25) is 0 Å². The van der Waals surface area contributed by atoms with Gasteiger partial charge in [0.25, 0.3) is 11.8 Å². The lowest BCUT2D eigenvalue weighted by atomic mass is 9.92. The maximum absolute atomic E-state index is 13.9. The predicted molar refractivity (Wildman–Crippen MR) is 323 cm³/mol. The molecule has 0 aliphatic carbocycles. The average molecular weight is 1100 g/mol. The van der Waals surface area contributed by atoms with Crippen LogP contribution < -0.4 is 56.2 Å². The van der Waals surface area contributed by atoms with Gasteiger partial charge in [0.1, 0.15) is 17.9 Å². The summed E-state index contributed by atoms with van der Waals surface area (Å²) in [6, 6.07) is 42.5. The van der Waals surface area contributed by atoms with Gasteiger partial charge in [-0.25, -0.2) is 0 Å². The summed E-state index contributed by atoms with van der Waals surface area (Å²) in [5.41, 5.74) is 51.7. The first-order chi connectivity index (χ1) is 39.2. The Balaban J connectivity index is 0.000000236. The predicted octanol–water partition coefficient (Wildman–Crippen LogP) is 4.52. The number of nitrogens with one attached hydrogen (secondary N) is 3. The van der Waals surface area contributed by atoms with Crippen molar-refractivity contribution in [2.45, 2.75) is 65.7 Å². The molecule has 4 amide bonds. The molecule has 0 saturated heterocycles. The van der Waals surface area contributed by atoms with Gasteiger partial charge in [-0.15, -0.1) is 15.3 Å². The molecule has 8 rings (SSSR count). The number of anilines is 2. The van der Waals surface area contributed by atoms with Crippen molar-refractivity contribution in [1.29, 1.82) is 0 Å². The molecule has 17 N–H and O–H groups in total. The second kappa shape index (κ2) is 27.1. The third kappa shape index (κ3) is 15.6. The number of rotatable bonds is 15. The Morgan fingerprint density at radius 2 is 0.793 bits per heavy atom. The first-order valence-electron chi connectivity index (χ1n) is 25.7. The number of nitrogens with two attached hydrogens (primary N) is 7. The van der Waals surface area contributed by atoms with E-state index in [2.05, 4.69) is 58.3 Å². The monoisotopic (exact) mass is 1100 g/mol. The van der Waals surface area contributed by atoms with Crippen molar-refractivity contribution in [3.63, 3.8) is 0 Å². The van der Waals surface area contributed by atoms with Crippen LogP contribution in [0.3, 0.4) is 0 Å². The number of fused-ring (bicyclic) bond motifs is 2. The number of benzene rings is 6. The largest absolute Gasteiger partial charge is 0.385 e. The number of amides is 4. The zero-order chi connectivity index (χ0) is 59.0. The summed E-state index contributed by atoms with van der Waals surface area (Å²) in [5.74, 6) is -1.39. The van der Waals surface area contributed by atoms with Crippen LogP contribution in [0.1, 0.15) is 92.9 Å². The molecule has 23 heteroatoms. The maximum atomic E-state index is 13.9. The quantitative estimate of drug-likeness (QED) is 0.0386. The van der Waals surface area contributed by atoms with Crippen molar-refractivity contribution in [3.8, 4) is 0 Å². The SMILES string of the molecule is C/C(=N\N=C(N)N)c1cccc(NC(=O)[C@@H]2Cc3ccccc3CN2C(=O)c2cccc(/C(C)=N/N=C(N)N)c2)c1.C=C(N)N/N=C(\C)c1ccc(C(=O)N2Cc3ccccc3C[C@H]2C(=O)Nc2cccc(/C(C)=N/N=C(N)N)c2)cc1. The molecule has 0 aromatic heterocycles. The molecule has 0 fully saturated rings. The van der Waals surface area contributed by atoms with Crippen LogP contribution >= 0.6 is 0 Å². The highest BCUT2D eigenvalue weighted by molar-refractivity contribution is 6.07. The number of guanidine groups is 3. The highest BCUT2D eigenvalue weighted by atomic mass is 16.2. The third-order valence-corrected chi connectivity index (χ3v) is 13.1. The molecule has 6 aromatic carbocycles. The van der Waals surface area contributed by atoms with Crippen LogP contribution in [-0.2, 0) is 35.5 Å². The van der Waals surface area contributed by atoms with Gasteiger partial charge in [-0.05, 0) is 121 Å². The summed E-state index contributed by atoms with van der Waals surface area (Å²) < 4.78 is 0. The second-order valence-electron chi connectivity index (χ2n) is 19.1. The Kier molecular flexibility index (Phi) is 19.4. The van der Waals surface area contributed by atoms with Crippen LogP contribution in [0.5, 0.6) is 0 Å². The lowest BCUT2D eigenvalue weighted by Gasteiger charge is -2.36. The van der Waals surface area contributed by atoms with E-state index in [-0.39, 0.29) is 53.9 Å². The number of carbonyl (C=O) groups excluding carboxylic acids is 4. The van der Waals surface area contributed by atoms with Gasteiger partial charge >= 0.3 is 0 Å². The Labute approximate surface area is 474 Å². The minimum Gasteiger partial charge on any atom is -0.385 e. The normalized spacial score (nSPS) is 15.0. The van der Waals surface area contributed by atoms with E-state index in [1.54, 1.807) is 116 Å². The van der Waals surface area contributed by atoms with E-state index < -0.39 is 12.1 Å². The molecule has 0 saturated carbocycles. The number of hydrogen-bond donors (Lipinski definition) is 10. The van der Waals surface area contributed by atoms with Gasteiger partial charge in [-0.3, -0.25) is 24.6 Å². The zero-order valence-electron chi connectivity index (χ0n) is 45.7. The molecule has 2 aliphatic rings. The second-order valence-corrected chi connectivity index (χ2v) is 19.1. The minimum atomic E-state index is -0.752. The minimum absolute atomic E-state index is 0.149. The van der Waals surface area contributed by atoms with Gasteiger partial charge in [0.05, 0.1) is 22.8 Å². The summed E-state index contributed by atoms with van der Waals surface area (Å²) in [6.45, 7) is 11.2. The number of nitrogens with zero attached hydrogens (tertiary/aromatic N) is 9. The van der Waals surface area contributed by atoms with Gasteiger partial charge in [0.15, 0.2) is 0 Å². The van der Waals surface area contributed by atoms with Gasteiger partial charge < -0.3 is 60.6 Å². The number of hydrogen-bond acceptors (Lipinski definition) is 13. The Morgan fingerprint density at radius 1 is 0.427 bits per heavy atom. The molecule has 0 radical (unpaired) electrons. The molecule has 2 heterocycles. The van der Waals surface area contributed by atoms with E-state index in [0.29, 0.717) is 70.3 Å². The lowest BCUT2D eigenvalue weighted by molar-refractivity contribution is -0.121. The highest BCUT2D eigenvalue weighted by Crippen LogP contribution is 2.29. The van der Waals surface area contributed by atoms with Crippen LogP contribution in [0.15, 0.2) is 194 Å². The van der Waals surface area contributed by atoms with E-state index in [9.17, 15) is 19.2 Å². The van der Waals surface area contributed by atoms with E-state index in [1.165, 1.54) is 0 Å². The van der Waals surface area contributed by atoms with Crippen molar-refractivity contribution in [2.24, 2.45) is 75.8 Å². The Morgan fingerprint density at radius 3 is 1.21 bits per heavy atom. The molecule has 6 aromatic rings. The third-order valence-electron chi connectivity index (χ3n) is 13.1. The van der Waals surface area contributed by atoms with Crippen LogP contribution in [0.4, 0.5) is 11.4 Å². The van der Waals surface area contributed by atoms with Crippen molar-refractivity contribution in [2.75, 3.05) is 10.6 Å². The first-order valence-corrected chi connectivity index (χ1v) is 25.7. The van der Waals surface area contributed by atoms with E-state index in [4.69, 9.17) is 40.1 Å². The standard InChI is InChI=1S/C30H33N9O2.C29H32N10O2/c1-18(35-37-20(3)31)21-11-13-22(14-12-21)29(41)39-17-25-8-5-4-7-24(25)16-27(39)28(40)34-26-10-6-9-23(15-26)19(2)36-38-30(32)33;1-17(35-37-28(30)31)19-9-5-11-22(13-19)27(41)39-16-23-8-4-3-7-21(23)15-25(39)26(40)34-24-12-6-10-20(14-24)18(2)36-38-29(32)33/h4-15,27,37H,3,16-17,31H2,1-2H3,(H,34,40)(H4,32,33,38);3-14,25H,15-16H2,1-2H3,(H,34,40)(H4,30,31,37)(H4,32,33,38)/b35-18+,36-19+;35-17+,36-18+/t27-;25-/m00/s1. The first kappa shape index (κ1) is 58.7. The Hall–Kier alpha value is -11.0. The fourth-order valence-corrected chi connectivity index (χ4v) is 8.89. The topological polar surface area (TPSA) is 380 Å². The summed E-state index contributed by atoms with van der Waals surface area (Å²) in [5, 5.41) is 33.2. The molecular weight excluding hydrogens is 1040 g/mol. The molecule has 2 atom stereocenters. The molecule has 0 bridgehead atoms. The maximum Gasteiger partial charge on any atom is 0.254 e. The van der Waals surface area contributed by atoms with Crippen molar-refractivity contribution < 1.29 is 19.2 Å². The van der Waals surface area contributed by atoms with Gasteiger partial charge in [-0.2, -0.15) is 20.4 Å². The van der Waals surface area contributed by atoms with E-state index >= 15 is 0 Å². The smallest absolute Gasteiger partial charge is 0.254 e. The summed E-state index contributed by atoms with van der Waals surface area (Å²) in [6.07, 6.45) is 0.750. The lowest BCUT2D eigenvalue weighted by Crippen LogP contribution is -2.50. The fraction of sp³-hybridized carbons (Fsp3) is 0.169. The van der Waals surface area contributed by atoms with Gasteiger partial charge in [-0.1, -0.05) is 104 Å². The van der Waals surface area contributed by atoms with Gasteiger partial charge in [0.2, 0.25) is 29.7 Å². The number of hydrazone groups is 1. The van der Waals surface area contributed by atoms with Gasteiger partial charge in [0, 0.05) is 48.4 Å². The van der Waals surface area contributed by atoms with Crippen molar-refractivity contribution in [3.05, 3.63) is 214 Å². The highest BCUT2D eigenvalue weighted by Gasteiger charge is 2.37. The van der Waals surface area contributed by atoms with Crippen LogP contribution in [0.25, 0.3) is 0 Å². The fourth-order valence-electron chi connectivity index (χ4n) is 8.89. The summed E-state index contributed by atoms with van der Waals surface area (Å²) >= 11 is 0. The van der Waals surface area contributed by atoms with Crippen LogP contribution in [-0.4, -0.2) is 86.2 Å². The van der Waals surface area contributed by atoms with E-state index in [1.807, 2.05) is 67.6 Å². The summed E-state index contributed by atoms with van der Waals surface area (Å²) in [4.78, 5) is 58.2. The van der Waals surface area contributed by atoms with Crippen molar-refractivity contribution >= 4 is 75.7 Å². The molecule has 2 aliphatic heterocycles. The molecule has 0 unspecified atom stereocenters. The average Bonchev–Trinajstić information content (AvgIpc) is 3.57. The summed E-state index contributed by atoms with van der Waals surface area (Å²) in [7, 11) is 0. The zero-order valence-corrected chi connectivity index (χ0v) is 45.7. The van der Waals surface area contributed by atoms with E-state index in [0.717, 1.165) is 38.9 Å². The Bertz CT molecular complexity index is 3610. The van der Waals surface area contributed by atoms with Crippen molar-refractivity contribution in [1.82, 2.24) is 15.2 Å². The molecule has 23 nitrogen and oxygen atoms in total.